The number of pyridine rings is 1. The molecular formula is C16H25N3O. The van der Waals surface area contributed by atoms with Crippen LogP contribution >= 0.6 is 0 Å². The van der Waals surface area contributed by atoms with E-state index in [2.05, 4.69) is 21.3 Å². The third-order valence-electron chi connectivity index (χ3n) is 4.53. The third kappa shape index (κ3) is 3.57. The highest BCUT2D eigenvalue weighted by atomic mass is 16.5. The van der Waals surface area contributed by atoms with Crippen LogP contribution in [0.5, 0.6) is 0 Å². The molecule has 2 fully saturated rings. The SMILES string of the molecule is c1cncc(CN(C2CCNCC2)C2CCOCC2)c1. The molecule has 1 aromatic rings. The Morgan fingerprint density at radius 3 is 2.60 bits per heavy atom. The van der Waals surface area contributed by atoms with Gasteiger partial charge in [-0.3, -0.25) is 9.88 Å². The summed E-state index contributed by atoms with van der Waals surface area (Å²) in [5, 5.41) is 3.47. The Hall–Kier alpha value is -0.970. The van der Waals surface area contributed by atoms with Crippen LogP contribution in [0.25, 0.3) is 0 Å². The summed E-state index contributed by atoms with van der Waals surface area (Å²) in [7, 11) is 0. The second-order valence-electron chi connectivity index (χ2n) is 5.86. The van der Waals surface area contributed by atoms with Gasteiger partial charge >= 0.3 is 0 Å². The topological polar surface area (TPSA) is 37.4 Å². The van der Waals surface area contributed by atoms with Crippen LogP contribution in [-0.4, -0.2) is 48.3 Å². The average Bonchev–Trinajstić information content (AvgIpc) is 2.55. The molecule has 4 heteroatoms. The molecule has 4 nitrogen and oxygen atoms in total. The van der Waals surface area contributed by atoms with Crippen LogP contribution in [0, 0.1) is 0 Å². The first-order chi connectivity index (χ1) is 9.93. The summed E-state index contributed by atoms with van der Waals surface area (Å²) in [5.74, 6) is 0. The maximum absolute atomic E-state index is 5.54. The fraction of sp³-hybridized carbons (Fsp3) is 0.688. The molecule has 1 N–H and O–H groups in total. The van der Waals surface area contributed by atoms with Gasteiger partial charge in [-0.15, -0.1) is 0 Å². The highest BCUT2D eigenvalue weighted by Gasteiger charge is 2.28. The van der Waals surface area contributed by atoms with Crippen molar-refractivity contribution in [1.29, 1.82) is 0 Å². The molecule has 20 heavy (non-hydrogen) atoms. The molecule has 0 aromatic carbocycles. The molecule has 3 rings (SSSR count). The lowest BCUT2D eigenvalue weighted by atomic mass is 9.98. The second-order valence-corrected chi connectivity index (χ2v) is 5.86. The summed E-state index contributed by atoms with van der Waals surface area (Å²) in [6.07, 6.45) is 8.73. The highest BCUT2D eigenvalue weighted by molar-refractivity contribution is 5.09. The summed E-state index contributed by atoms with van der Waals surface area (Å²) >= 11 is 0. The molecule has 0 unspecified atom stereocenters. The third-order valence-corrected chi connectivity index (χ3v) is 4.53. The van der Waals surface area contributed by atoms with Crippen molar-refractivity contribution in [1.82, 2.24) is 15.2 Å². The molecule has 2 saturated heterocycles. The molecule has 2 aliphatic heterocycles. The van der Waals surface area contributed by atoms with Gasteiger partial charge in [0, 0.05) is 44.2 Å². The number of piperidine rings is 1. The van der Waals surface area contributed by atoms with E-state index < -0.39 is 0 Å². The molecule has 2 aliphatic rings. The van der Waals surface area contributed by atoms with Crippen molar-refractivity contribution in [3.8, 4) is 0 Å². The van der Waals surface area contributed by atoms with E-state index in [0.29, 0.717) is 12.1 Å². The number of nitrogens with one attached hydrogen (secondary N) is 1. The van der Waals surface area contributed by atoms with Crippen molar-refractivity contribution in [3.05, 3.63) is 30.1 Å². The first kappa shape index (κ1) is 14.0. The van der Waals surface area contributed by atoms with Crippen molar-refractivity contribution in [2.24, 2.45) is 0 Å². The van der Waals surface area contributed by atoms with Gasteiger partial charge in [0.2, 0.25) is 0 Å². The Morgan fingerprint density at radius 1 is 1.15 bits per heavy atom. The van der Waals surface area contributed by atoms with Crippen LogP contribution in [0.4, 0.5) is 0 Å². The number of aromatic nitrogens is 1. The zero-order valence-corrected chi connectivity index (χ0v) is 12.1. The second kappa shape index (κ2) is 7.16. The average molecular weight is 275 g/mol. The summed E-state index contributed by atoms with van der Waals surface area (Å²) in [5.41, 5.74) is 1.33. The predicted molar refractivity (Wildman–Crippen MR) is 79.5 cm³/mol. The number of nitrogens with zero attached hydrogens (tertiary/aromatic N) is 2. The van der Waals surface area contributed by atoms with Gasteiger partial charge in [-0.05, 0) is 50.4 Å². The predicted octanol–water partition coefficient (Wildman–Crippen LogP) is 1.81. The first-order valence-electron chi connectivity index (χ1n) is 7.86. The molecular weight excluding hydrogens is 250 g/mol. The van der Waals surface area contributed by atoms with Crippen molar-refractivity contribution in [2.75, 3.05) is 26.3 Å². The van der Waals surface area contributed by atoms with Gasteiger partial charge < -0.3 is 10.1 Å². The van der Waals surface area contributed by atoms with Crippen molar-refractivity contribution >= 4 is 0 Å². The van der Waals surface area contributed by atoms with Gasteiger partial charge in [0.05, 0.1) is 0 Å². The first-order valence-corrected chi connectivity index (χ1v) is 7.86. The Morgan fingerprint density at radius 2 is 1.90 bits per heavy atom. The van der Waals surface area contributed by atoms with E-state index in [-0.39, 0.29) is 0 Å². The van der Waals surface area contributed by atoms with E-state index in [9.17, 15) is 0 Å². The number of hydrogen-bond donors (Lipinski definition) is 1. The Balaban J connectivity index is 1.71. The molecule has 0 radical (unpaired) electrons. The standard InChI is InChI=1S/C16H25N3O/c1-2-14(12-18-7-1)13-19(15-3-8-17-9-4-15)16-5-10-20-11-6-16/h1-2,7,12,15-17H,3-6,8-11,13H2. The lowest BCUT2D eigenvalue weighted by Gasteiger charge is -2.41. The molecule has 0 bridgehead atoms. The minimum absolute atomic E-state index is 0.673. The van der Waals surface area contributed by atoms with E-state index in [1.807, 2.05) is 18.5 Å². The lowest BCUT2D eigenvalue weighted by molar-refractivity contribution is 0.00626. The van der Waals surface area contributed by atoms with Crippen molar-refractivity contribution < 1.29 is 4.74 Å². The summed E-state index contributed by atoms with van der Waals surface area (Å²) < 4.78 is 5.54. The molecule has 0 atom stereocenters. The van der Waals surface area contributed by atoms with Gasteiger partial charge in [-0.25, -0.2) is 0 Å². The fourth-order valence-electron chi connectivity index (χ4n) is 3.41. The lowest BCUT2D eigenvalue weighted by Crippen LogP contribution is -2.49. The molecule has 0 spiro atoms. The van der Waals surface area contributed by atoms with E-state index in [1.165, 1.54) is 31.2 Å². The van der Waals surface area contributed by atoms with Gasteiger partial charge in [0.1, 0.15) is 0 Å². The molecule has 110 valence electrons. The van der Waals surface area contributed by atoms with E-state index >= 15 is 0 Å². The van der Waals surface area contributed by atoms with Crippen LogP contribution in [0.15, 0.2) is 24.5 Å². The maximum Gasteiger partial charge on any atom is 0.0480 e. The zero-order chi connectivity index (χ0) is 13.6. The number of ether oxygens (including phenoxy) is 1. The molecule has 1 aromatic heterocycles. The van der Waals surface area contributed by atoms with Crippen molar-refractivity contribution in [2.45, 2.75) is 44.3 Å². The van der Waals surface area contributed by atoms with Crippen LogP contribution in [-0.2, 0) is 11.3 Å². The van der Waals surface area contributed by atoms with Gasteiger partial charge in [0.25, 0.3) is 0 Å². The molecule has 0 amide bonds. The fourth-order valence-corrected chi connectivity index (χ4v) is 3.41. The smallest absolute Gasteiger partial charge is 0.0480 e. The minimum atomic E-state index is 0.673. The normalized spacial score (nSPS) is 22.2. The Labute approximate surface area is 121 Å². The van der Waals surface area contributed by atoms with Gasteiger partial charge in [0.15, 0.2) is 0 Å². The Kier molecular flexibility index (Phi) is 5.01. The summed E-state index contributed by atoms with van der Waals surface area (Å²) in [4.78, 5) is 6.99. The van der Waals surface area contributed by atoms with E-state index in [0.717, 1.165) is 32.8 Å². The molecule has 3 heterocycles. The van der Waals surface area contributed by atoms with Crippen LogP contribution in [0.3, 0.4) is 0 Å². The summed E-state index contributed by atoms with van der Waals surface area (Å²) in [6.45, 7) is 5.16. The minimum Gasteiger partial charge on any atom is -0.381 e. The van der Waals surface area contributed by atoms with Gasteiger partial charge in [-0.1, -0.05) is 6.07 Å². The highest BCUT2D eigenvalue weighted by Crippen LogP contribution is 2.24. The summed E-state index contributed by atoms with van der Waals surface area (Å²) in [6, 6.07) is 5.62. The largest absolute Gasteiger partial charge is 0.381 e. The maximum atomic E-state index is 5.54. The van der Waals surface area contributed by atoms with Crippen molar-refractivity contribution in [3.63, 3.8) is 0 Å². The van der Waals surface area contributed by atoms with Crippen LogP contribution in [0.2, 0.25) is 0 Å². The van der Waals surface area contributed by atoms with Crippen LogP contribution in [0.1, 0.15) is 31.2 Å². The monoisotopic (exact) mass is 275 g/mol. The molecule has 0 aliphatic carbocycles. The molecule has 0 saturated carbocycles. The Bertz CT molecular complexity index is 368. The quantitative estimate of drug-likeness (QED) is 0.909. The number of hydrogen-bond acceptors (Lipinski definition) is 4. The number of rotatable bonds is 4. The van der Waals surface area contributed by atoms with Crippen LogP contribution < -0.4 is 5.32 Å². The van der Waals surface area contributed by atoms with E-state index in [4.69, 9.17) is 4.74 Å². The van der Waals surface area contributed by atoms with E-state index in [1.54, 1.807) is 0 Å². The van der Waals surface area contributed by atoms with Gasteiger partial charge in [-0.2, -0.15) is 0 Å². The zero-order valence-electron chi connectivity index (χ0n) is 12.1.